The Balaban J connectivity index is 1.69. The SMILES string of the molecule is Cc1cc(C)n(-c2cccc(NC(=O)Nc3cnn(CCO)c3)c2)n1. The summed E-state index contributed by atoms with van der Waals surface area (Å²) in [5.74, 6) is 0. The van der Waals surface area contributed by atoms with Crippen LogP contribution in [-0.4, -0.2) is 37.3 Å². The van der Waals surface area contributed by atoms with Crippen molar-refractivity contribution >= 4 is 17.4 Å². The standard InChI is InChI=1S/C17H20N6O2/c1-12-8-13(2)23(21-12)16-5-3-4-14(9-16)19-17(25)20-15-10-18-22(11-15)6-7-24/h3-5,8-11,24H,6-7H2,1-2H3,(H2,19,20,25). The van der Waals surface area contributed by atoms with E-state index < -0.39 is 0 Å². The van der Waals surface area contributed by atoms with Gasteiger partial charge in [-0.15, -0.1) is 0 Å². The zero-order valence-corrected chi connectivity index (χ0v) is 14.1. The van der Waals surface area contributed by atoms with Crippen LogP contribution >= 0.6 is 0 Å². The topological polar surface area (TPSA) is 97.0 Å². The van der Waals surface area contributed by atoms with Crippen molar-refractivity contribution in [2.45, 2.75) is 20.4 Å². The number of carbonyl (C=O) groups is 1. The van der Waals surface area contributed by atoms with E-state index in [0.29, 0.717) is 17.9 Å². The van der Waals surface area contributed by atoms with Gasteiger partial charge in [-0.3, -0.25) is 4.68 Å². The van der Waals surface area contributed by atoms with Gasteiger partial charge in [0.25, 0.3) is 0 Å². The van der Waals surface area contributed by atoms with Crippen LogP contribution in [0.15, 0.2) is 42.7 Å². The highest BCUT2D eigenvalue weighted by atomic mass is 16.3. The van der Waals surface area contributed by atoms with Gasteiger partial charge in [-0.1, -0.05) is 6.07 Å². The number of aliphatic hydroxyl groups is 1. The number of aromatic nitrogens is 4. The number of hydrogen-bond donors (Lipinski definition) is 3. The van der Waals surface area contributed by atoms with Crippen LogP contribution in [0.25, 0.3) is 5.69 Å². The number of benzene rings is 1. The minimum Gasteiger partial charge on any atom is -0.394 e. The molecule has 25 heavy (non-hydrogen) atoms. The molecule has 0 fully saturated rings. The van der Waals surface area contributed by atoms with Gasteiger partial charge in [0.05, 0.1) is 36.4 Å². The zero-order valence-electron chi connectivity index (χ0n) is 14.1. The molecule has 0 aliphatic carbocycles. The first-order valence-corrected chi connectivity index (χ1v) is 7.90. The maximum Gasteiger partial charge on any atom is 0.323 e. The molecule has 8 heteroatoms. The third-order valence-electron chi connectivity index (χ3n) is 3.58. The molecular formula is C17H20N6O2. The number of urea groups is 1. The highest BCUT2D eigenvalue weighted by Gasteiger charge is 2.08. The predicted molar refractivity (Wildman–Crippen MR) is 95.0 cm³/mol. The summed E-state index contributed by atoms with van der Waals surface area (Å²) in [7, 11) is 0. The quantitative estimate of drug-likeness (QED) is 0.664. The van der Waals surface area contributed by atoms with E-state index in [-0.39, 0.29) is 12.6 Å². The van der Waals surface area contributed by atoms with Crippen LogP contribution < -0.4 is 10.6 Å². The average molecular weight is 340 g/mol. The van der Waals surface area contributed by atoms with Gasteiger partial charge in [0, 0.05) is 17.6 Å². The molecule has 0 spiro atoms. The van der Waals surface area contributed by atoms with Crippen molar-refractivity contribution in [1.29, 1.82) is 0 Å². The summed E-state index contributed by atoms with van der Waals surface area (Å²) in [6, 6.07) is 9.09. The van der Waals surface area contributed by atoms with Crippen LogP contribution in [0.5, 0.6) is 0 Å². The van der Waals surface area contributed by atoms with Gasteiger partial charge in [0.2, 0.25) is 0 Å². The van der Waals surface area contributed by atoms with Crippen molar-refractivity contribution in [3.8, 4) is 5.69 Å². The molecule has 3 rings (SSSR count). The number of rotatable bonds is 5. The summed E-state index contributed by atoms with van der Waals surface area (Å²) in [5, 5.41) is 22.9. The molecule has 2 heterocycles. The Bertz CT molecular complexity index is 883. The predicted octanol–water partition coefficient (Wildman–Crippen LogP) is 2.32. The Morgan fingerprint density at radius 2 is 2.00 bits per heavy atom. The van der Waals surface area contributed by atoms with E-state index >= 15 is 0 Å². The van der Waals surface area contributed by atoms with Crippen LogP contribution in [0.1, 0.15) is 11.4 Å². The van der Waals surface area contributed by atoms with E-state index in [1.54, 1.807) is 10.9 Å². The van der Waals surface area contributed by atoms with E-state index in [1.807, 2.05) is 48.9 Å². The Labute approximate surface area is 145 Å². The molecule has 2 amide bonds. The van der Waals surface area contributed by atoms with E-state index in [0.717, 1.165) is 17.1 Å². The number of aliphatic hydroxyl groups excluding tert-OH is 1. The first kappa shape index (κ1) is 16.7. The summed E-state index contributed by atoms with van der Waals surface area (Å²) in [5.41, 5.74) is 4.05. The molecule has 2 aromatic heterocycles. The van der Waals surface area contributed by atoms with Crippen molar-refractivity contribution in [3.63, 3.8) is 0 Å². The highest BCUT2D eigenvalue weighted by Crippen LogP contribution is 2.17. The van der Waals surface area contributed by atoms with Crippen molar-refractivity contribution in [2.75, 3.05) is 17.2 Å². The molecule has 3 aromatic rings. The zero-order chi connectivity index (χ0) is 17.8. The monoisotopic (exact) mass is 340 g/mol. The number of amides is 2. The maximum atomic E-state index is 12.1. The molecule has 3 N–H and O–H groups in total. The second kappa shape index (κ2) is 7.18. The van der Waals surface area contributed by atoms with Crippen molar-refractivity contribution < 1.29 is 9.90 Å². The molecule has 0 saturated heterocycles. The van der Waals surface area contributed by atoms with Gasteiger partial charge in [0.1, 0.15) is 0 Å². The lowest BCUT2D eigenvalue weighted by molar-refractivity contribution is 0.262. The van der Waals surface area contributed by atoms with Crippen LogP contribution in [0.2, 0.25) is 0 Å². The van der Waals surface area contributed by atoms with E-state index in [1.165, 1.54) is 6.20 Å². The highest BCUT2D eigenvalue weighted by molar-refractivity contribution is 5.99. The lowest BCUT2D eigenvalue weighted by atomic mass is 10.2. The van der Waals surface area contributed by atoms with Crippen LogP contribution in [-0.2, 0) is 6.54 Å². The van der Waals surface area contributed by atoms with Crippen LogP contribution in [0, 0.1) is 13.8 Å². The summed E-state index contributed by atoms with van der Waals surface area (Å²) in [6.07, 6.45) is 3.18. The molecule has 8 nitrogen and oxygen atoms in total. The lowest BCUT2D eigenvalue weighted by Crippen LogP contribution is -2.19. The van der Waals surface area contributed by atoms with Gasteiger partial charge in [-0.25, -0.2) is 9.48 Å². The van der Waals surface area contributed by atoms with Gasteiger partial charge >= 0.3 is 6.03 Å². The Morgan fingerprint density at radius 1 is 1.20 bits per heavy atom. The molecule has 0 aliphatic heterocycles. The first-order chi connectivity index (χ1) is 12.0. The summed E-state index contributed by atoms with van der Waals surface area (Å²) < 4.78 is 3.39. The summed E-state index contributed by atoms with van der Waals surface area (Å²) in [4.78, 5) is 12.1. The van der Waals surface area contributed by atoms with Crippen molar-refractivity contribution in [3.05, 3.63) is 54.1 Å². The minimum absolute atomic E-state index is 0.00751. The number of hydrogen-bond acceptors (Lipinski definition) is 4. The lowest BCUT2D eigenvalue weighted by Gasteiger charge is -2.09. The third kappa shape index (κ3) is 4.04. The van der Waals surface area contributed by atoms with Gasteiger partial charge in [0.15, 0.2) is 0 Å². The number of aryl methyl sites for hydroxylation is 2. The first-order valence-electron chi connectivity index (χ1n) is 7.90. The van der Waals surface area contributed by atoms with E-state index in [4.69, 9.17) is 5.11 Å². The largest absolute Gasteiger partial charge is 0.394 e. The fraction of sp³-hybridized carbons (Fsp3) is 0.235. The molecule has 0 bridgehead atoms. The molecule has 130 valence electrons. The fourth-order valence-electron chi connectivity index (χ4n) is 2.55. The molecular weight excluding hydrogens is 320 g/mol. The van der Waals surface area contributed by atoms with Crippen molar-refractivity contribution in [2.24, 2.45) is 0 Å². The Kier molecular flexibility index (Phi) is 4.80. The van der Waals surface area contributed by atoms with Crippen LogP contribution in [0.4, 0.5) is 16.2 Å². The average Bonchev–Trinajstić information content (AvgIpc) is 3.13. The van der Waals surface area contributed by atoms with Crippen molar-refractivity contribution in [1.82, 2.24) is 19.6 Å². The number of nitrogens with one attached hydrogen (secondary N) is 2. The third-order valence-corrected chi connectivity index (χ3v) is 3.58. The van der Waals surface area contributed by atoms with E-state index in [2.05, 4.69) is 20.8 Å². The number of anilines is 2. The van der Waals surface area contributed by atoms with Gasteiger partial charge in [-0.05, 0) is 38.1 Å². The Morgan fingerprint density at radius 3 is 2.72 bits per heavy atom. The summed E-state index contributed by atoms with van der Waals surface area (Å²) in [6.45, 7) is 4.30. The molecule has 0 atom stereocenters. The van der Waals surface area contributed by atoms with Gasteiger partial charge < -0.3 is 15.7 Å². The smallest absolute Gasteiger partial charge is 0.323 e. The summed E-state index contributed by atoms with van der Waals surface area (Å²) >= 11 is 0. The second-order valence-electron chi connectivity index (χ2n) is 5.68. The molecule has 0 radical (unpaired) electrons. The molecule has 0 aliphatic rings. The number of carbonyl (C=O) groups excluding carboxylic acids is 1. The van der Waals surface area contributed by atoms with Crippen LogP contribution in [0.3, 0.4) is 0 Å². The second-order valence-corrected chi connectivity index (χ2v) is 5.68. The minimum atomic E-state index is -0.367. The van der Waals surface area contributed by atoms with Gasteiger partial charge in [-0.2, -0.15) is 10.2 Å². The Hall–Kier alpha value is -3.13. The van der Waals surface area contributed by atoms with E-state index in [9.17, 15) is 4.79 Å². The molecule has 0 unspecified atom stereocenters. The molecule has 0 saturated carbocycles. The maximum absolute atomic E-state index is 12.1. The molecule has 1 aromatic carbocycles. The number of nitrogens with zero attached hydrogens (tertiary/aromatic N) is 4. The fourth-order valence-corrected chi connectivity index (χ4v) is 2.55. The normalized spacial score (nSPS) is 10.7.